The van der Waals surface area contributed by atoms with E-state index in [9.17, 15) is 13.7 Å². The van der Waals surface area contributed by atoms with Crippen molar-refractivity contribution >= 4 is 68.4 Å². The molecule has 10 heteroatoms. The Hall–Kier alpha value is 0.910. The number of rotatable bonds is 5. The molecular formula is C9H12Cl4N2O2S2. The van der Waals surface area contributed by atoms with Crippen molar-refractivity contribution in [2.75, 3.05) is 7.05 Å². The average Bonchev–Trinajstić information content (AvgIpc) is 2.78. The molecule has 0 aliphatic heterocycles. The summed E-state index contributed by atoms with van der Waals surface area (Å²) in [6.45, 7) is 0. The lowest BCUT2D eigenvalue weighted by atomic mass is 10.1. The Morgan fingerprint density at radius 3 is 2.21 bits per heavy atom. The van der Waals surface area contributed by atoms with Crippen molar-refractivity contribution in [3.63, 3.8) is 0 Å². The maximum Gasteiger partial charge on any atom is 0.242 e. The highest BCUT2D eigenvalue weighted by molar-refractivity contribution is 8.11. The van der Waals surface area contributed by atoms with Crippen LogP contribution in [0.4, 0.5) is 0 Å². The largest absolute Gasteiger partial charge is 0.242 e. The van der Waals surface area contributed by atoms with Gasteiger partial charge in [0, 0.05) is 7.05 Å². The summed E-state index contributed by atoms with van der Waals surface area (Å²) in [5.74, 6) is 0. The highest BCUT2D eigenvalue weighted by Crippen LogP contribution is 2.47. The zero-order valence-electron chi connectivity index (χ0n) is 9.95. The highest BCUT2D eigenvalue weighted by atomic mass is 35.5. The summed E-state index contributed by atoms with van der Waals surface area (Å²) < 4.78 is 22.7. The van der Waals surface area contributed by atoms with Crippen LogP contribution in [-0.4, -0.2) is 32.4 Å². The molecule has 0 unspecified atom stereocenters. The molecule has 0 bridgehead atoms. The summed E-state index contributed by atoms with van der Waals surface area (Å²) in [5.41, 5.74) is 0. The van der Waals surface area contributed by atoms with Gasteiger partial charge in [0.15, 0.2) is 9.58 Å². The van der Waals surface area contributed by atoms with Gasteiger partial charge in [-0.25, -0.2) is 8.42 Å². The van der Waals surface area contributed by atoms with Crippen LogP contribution in [-0.2, 0) is 10.0 Å². The fourth-order valence-corrected chi connectivity index (χ4v) is 5.99. The Bertz CT molecular complexity index is 469. The molecule has 1 fully saturated rings. The first-order valence-electron chi connectivity index (χ1n) is 5.34. The van der Waals surface area contributed by atoms with E-state index in [0.717, 1.165) is 3.71 Å². The molecule has 1 saturated carbocycles. The van der Waals surface area contributed by atoms with Crippen molar-refractivity contribution in [1.82, 2.24) is 3.71 Å². The number of sulfonamides is 1. The smallest absolute Gasteiger partial charge is 0.210 e. The van der Waals surface area contributed by atoms with Gasteiger partial charge in [0.05, 0.1) is 6.07 Å². The monoisotopic (exact) mass is 384 g/mol. The summed E-state index contributed by atoms with van der Waals surface area (Å²) in [6, 6.07) is 1.92. The zero-order chi connectivity index (χ0) is 14.9. The maximum absolute atomic E-state index is 12.5. The maximum atomic E-state index is 12.5. The Balaban J connectivity index is 2.98. The van der Waals surface area contributed by atoms with Crippen molar-refractivity contribution in [3.05, 3.63) is 0 Å². The quantitative estimate of drug-likeness (QED) is 0.535. The van der Waals surface area contributed by atoms with E-state index in [1.165, 1.54) is 7.05 Å². The fraction of sp³-hybridized carbons (Fsp3) is 0.889. The molecule has 0 saturated heterocycles. The summed E-state index contributed by atoms with van der Waals surface area (Å²) in [6.07, 6.45) is 2.01. The molecule has 4 nitrogen and oxygen atoms in total. The summed E-state index contributed by atoms with van der Waals surface area (Å²) >= 11 is 23.4. The van der Waals surface area contributed by atoms with E-state index in [-0.39, 0.29) is 0 Å². The fourth-order valence-electron chi connectivity index (χ4n) is 1.88. The lowest BCUT2D eigenvalue weighted by molar-refractivity contribution is 0.524. The second-order valence-corrected chi connectivity index (χ2v) is 11.0. The van der Waals surface area contributed by atoms with Gasteiger partial charge in [0.25, 0.3) is 0 Å². The minimum Gasteiger partial charge on any atom is -0.210 e. The molecular weight excluding hydrogens is 374 g/mol. The second kappa shape index (κ2) is 6.35. The number of hydrogen-bond acceptors (Lipinski definition) is 4. The lowest BCUT2D eigenvalue weighted by Crippen LogP contribution is -2.43. The first-order valence-corrected chi connectivity index (χ1v) is 9.18. The molecule has 0 radical (unpaired) electrons. The molecule has 1 aliphatic carbocycles. The Morgan fingerprint density at radius 2 is 1.84 bits per heavy atom. The summed E-state index contributed by atoms with van der Waals surface area (Å²) in [7, 11) is -2.58. The molecule has 0 atom stereocenters. The second-order valence-electron chi connectivity index (χ2n) is 4.18. The molecule has 0 heterocycles. The zero-order valence-corrected chi connectivity index (χ0v) is 14.6. The standard InChI is InChI=1S/C9H12Cl4N2O2S2/c1-15(18-9(12,13)7(10)11)19(16,17)8(6-14)4-2-3-5-8/h7H,2-5H2,1H3. The number of alkyl halides is 4. The molecule has 19 heavy (non-hydrogen) atoms. The van der Waals surface area contributed by atoms with Gasteiger partial charge in [0.1, 0.15) is 0 Å². The van der Waals surface area contributed by atoms with Crippen LogP contribution in [0.1, 0.15) is 25.7 Å². The molecule has 1 aliphatic rings. The molecule has 0 N–H and O–H groups in total. The van der Waals surface area contributed by atoms with E-state index in [1.807, 2.05) is 6.07 Å². The Morgan fingerprint density at radius 1 is 1.37 bits per heavy atom. The van der Waals surface area contributed by atoms with Crippen molar-refractivity contribution in [2.24, 2.45) is 0 Å². The van der Waals surface area contributed by atoms with E-state index in [0.29, 0.717) is 37.6 Å². The van der Waals surface area contributed by atoms with Crippen LogP contribution >= 0.6 is 58.4 Å². The van der Waals surface area contributed by atoms with Crippen molar-refractivity contribution in [1.29, 1.82) is 5.26 Å². The third-order valence-electron chi connectivity index (χ3n) is 2.95. The number of nitriles is 1. The van der Waals surface area contributed by atoms with Gasteiger partial charge in [-0.3, -0.25) is 0 Å². The van der Waals surface area contributed by atoms with Gasteiger partial charge in [-0.1, -0.05) is 36.0 Å². The SMILES string of the molecule is CN(SC(Cl)(Cl)C(Cl)Cl)S(=O)(=O)C1(C#N)CCCC1. The molecule has 0 aromatic heterocycles. The minimum absolute atomic E-state index is 0.305. The van der Waals surface area contributed by atoms with Crippen molar-refractivity contribution < 1.29 is 8.42 Å². The average molecular weight is 386 g/mol. The van der Waals surface area contributed by atoms with Crippen LogP contribution in [0.2, 0.25) is 0 Å². The number of hydrogen-bond donors (Lipinski definition) is 0. The lowest BCUT2D eigenvalue weighted by Gasteiger charge is -2.30. The highest BCUT2D eigenvalue weighted by Gasteiger charge is 2.51. The van der Waals surface area contributed by atoms with Crippen LogP contribution < -0.4 is 0 Å². The van der Waals surface area contributed by atoms with E-state index < -0.39 is 23.3 Å². The molecule has 110 valence electrons. The Kier molecular flexibility index (Phi) is 6.00. The predicted octanol–water partition coefficient (Wildman–Crippen LogP) is 3.67. The number of halogens is 4. The van der Waals surface area contributed by atoms with Crippen molar-refractivity contribution in [3.8, 4) is 6.07 Å². The van der Waals surface area contributed by atoms with E-state index in [2.05, 4.69) is 0 Å². The van der Waals surface area contributed by atoms with E-state index >= 15 is 0 Å². The van der Waals surface area contributed by atoms with Crippen LogP contribution in [0.3, 0.4) is 0 Å². The van der Waals surface area contributed by atoms with Crippen LogP contribution in [0.5, 0.6) is 0 Å². The van der Waals surface area contributed by atoms with E-state index in [1.54, 1.807) is 0 Å². The van der Waals surface area contributed by atoms with Crippen molar-refractivity contribution in [2.45, 2.75) is 38.9 Å². The number of nitrogens with zero attached hydrogens (tertiary/aromatic N) is 2. The van der Waals surface area contributed by atoms with Gasteiger partial charge in [0.2, 0.25) is 13.7 Å². The Labute approximate surface area is 137 Å². The van der Waals surface area contributed by atoms with Gasteiger partial charge in [-0.05, 0) is 24.8 Å². The molecule has 0 amide bonds. The van der Waals surface area contributed by atoms with Crippen LogP contribution in [0.15, 0.2) is 0 Å². The predicted molar refractivity (Wildman–Crippen MR) is 81.0 cm³/mol. The molecule has 0 aromatic carbocycles. The normalized spacial score (nSPS) is 19.9. The van der Waals surface area contributed by atoms with Gasteiger partial charge >= 0.3 is 0 Å². The molecule has 0 spiro atoms. The topological polar surface area (TPSA) is 61.2 Å². The van der Waals surface area contributed by atoms with Gasteiger partial charge in [-0.2, -0.15) is 5.26 Å². The summed E-state index contributed by atoms with van der Waals surface area (Å²) in [5, 5.41) is 9.23. The van der Waals surface area contributed by atoms with Crippen LogP contribution in [0, 0.1) is 11.3 Å². The minimum atomic E-state index is -3.87. The van der Waals surface area contributed by atoms with E-state index in [4.69, 9.17) is 46.4 Å². The molecule has 1 rings (SSSR count). The van der Waals surface area contributed by atoms with Gasteiger partial charge in [-0.15, -0.1) is 26.9 Å². The third kappa shape index (κ3) is 3.57. The summed E-state index contributed by atoms with van der Waals surface area (Å²) in [4.78, 5) is -1.18. The first kappa shape index (κ1) is 18.0. The van der Waals surface area contributed by atoms with Crippen LogP contribution in [0.25, 0.3) is 0 Å². The first-order chi connectivity index (χ1) is 8.59. The van der Waals surface area contributed by atoms with Gasteiger partial charge < -0.3 is 0 Å². The third-order valence-corrected chi connectivity index (χ3v) is 8.87. The molecule has 0 aromatic rings.